The number of nitrogens with zero attached hydrogens (tertiary/aromatic N) is 2. The number of nitro groups is 2. The van der Waals surface area contributed by atoms with Gasteiger partial charge in [-0.2, -0.15) is 0 Å². The van der Waals surface area contributed by atoms with Crippen molar-refractivity contribution in [3.8, 4) is 0 Å². The van der Waals surface area contributed by atoms with Crippen LogP contribution in [-0.2, 0) is 6.42 Å². The second kappa shape index (κ2) is 6.70. The van der Waals surface area contributed by atoms with Gasteiger partial charge in [-0.25, -0.2) is 0 Å². The molecule has 0 saturated carbocycles. The molecule has 0 saturated heterocycles. The first-order valence-electron chi connectivity index (χ1n) is 5.44. The van der Waals surface area contributed by atoms with Gasteiger partial charge in [-0.3, -0.25) is 20.2 Å². The fourth-order valence-corrected chi connectivity index (χ4v) is 1.59. The molecule has 0 fully saturated rings. The van der Waals surface area contributed by atoms with Gasteiger partial charge in [0, 0.05) is 16.3 Å². The van der Waals surface area contributed by atoms with Gasteiger partial charge in [0.15, 0.2) is 0 Å². The number of aliphatic hydroxyl groups is 1. The third-order valence-electron chi connectivity index (χ3n) is 2.51. The molecule has 0 spiro atoms. The van der Waals surface area contributed by atoms with Gasteiger partial charge in [0.1, 0.15) is 11.9 Å². The fourth-order valence-electron chi connectivity index (χ4n) is 1.59. The van der Waals surface area contributed by atoms with Crippen LogP contribution in [0.5, 0.6) is 0 Å². The van der Waals surface area contributed by atoms with Crippen molar-refractivity contribution in [1.82, 2.24) is 0 Å². The highest BCUT2D eigenvalue weighted by atomic mass is 16.6. The Labute approximate surface area is 103 Å². The lowest BCUT2D eigenvalue weighted by Crippen LogP contribution is -2.26. The fraction of sp³-hybridized carbons (Fsp3) is 0.600. The highest BCUT2D eigenvalue weighted by Crippen LogP contribution is 2.12. The molecule has 1 rings (SSSR count). The SMILES string of the molecule is O=[N+]([O-])CC(O)CCC(Cc1ccco1)[N+](=O)[O-]. The van der Waals surface area contributed by atoms with E-state index in [0.29, 0.717) is 5.76 Å². The van der Waals surface area contributed by atoms with Crippen LogP contribution >= 0.6 is 0 Å². The molecule has 0 bridgehead atoms. The van der Waals surface area contributed by atoms with Gasteiger partial charge in [-0.15, -0.1) is 0 Å². The van der Waals surface area contributed by atoms with Crippen LogP contribution in [0.3, 0.4) is 0 Å². The summed E-state index contributed by atoms with van der Waals surface area (Å²) in [7, 11) is 0. The molecular weight excluding hydrogens is 244 g/mol. The standard InChI is InChI=1S/C10H14N2O6/c13-9(7-11(14)15)4-3-8(12(16)17)6-10-2-1-5-18-10/h1-2,5,8-9,13H,3-4,6-7H2. The summed E-state index contributed by atoms with van der Waals surface area (Å²) in [5.74, 6) is 0.487. The van der Waals surface area contributed by atoms with E-state index in [4.69, 9.17) is 4.42 Å². The quantitative estimate of drug-likeness (QED) is 0.546. The molecule has 1 heterocycles. The Kier molecular flexibility index (Phi) is 5.25. The zero-order valence-electron chi connectivity index (χ0n) is 9.60. The smallest absolute Gasteiger partial charge is 0.229 e. The maximum absolute atomic E-state index is 10.8. The molecule has 0 aliphatic rings. The van der Waals surface area contributed by atoms with Crippen molar-refractivity contribution in [1.29, 1.82) is 0 Å². The van der Waals surface area contributed by atoms with Crippen LogP contribution < -0.4 is 0 Å². The van der Waals surface area contributed by atoms with Crippen LogP contribution in [0.15, 0.2) is 22.8 Å². The van der Waals surface area contributed by atoms with Crippen molar-refractivity contribution in [3.63, 3.8) is 0 Å². The highest BCUT2D eigenvalue weighted by molar-refractivity contribution is 4.99. The third kappa shape index (κ3) is 4.91. The van der Waals surface area contributed by atoms with Crippen molar-refractivity contribution < 1.29 is 19.4 Å². The van der Waals surface area contributed by atoms with Crippen molar-refractivity contribution >= 4 is 0 Å². The molecule has 2 unspecified atom stereocenters. The first-order chi connectivity index (χ1) is 8.49. The molecule has 100 valence electrons. The van der Waals surface area contributed by atoms with Crippen LogP contribution in [0.25, 0.3) is 0 Å². The molecular formula is C10H14N2O6. The van der Waals surface area contributed by atoms with Gasteiger partial charge in [0.2, 0.25) is 12.6 Å². The van der Waals surface area contributed by atoms with Crippen molar-refractivity contribution in [2.24, 2.45) is 0 Å². The molecule has 1 aromatic heterocycles. The van der Waals surface area contributed by atoms with Gasteiger partial charge >= 0.3 is 0 Å². The molecule has 0 aliphatic heterocycles. The highest BCUT2D eigenvalue weighted by Gasteiger charge is 2.24. The lowest BCUT2D eigenvalue weighted by molar-refractivity contribution is -0.524. The van der Waals surface area contributed by atoms with Gasteiger partial charge in [-0.05, 0) is 18.6 Å². The molecule has 0 radical (unpaired) electrons. The minimum absolute atomic E-state index is 0.0212. The summed E-state index contributed by atoms with van der Waals surface area (Å²) in [5, 5.41) is 30.2. The molecule has 18 heavy (non-hydrogen) atoms. The van der Waals surface area contributed by atoms with E-state index in [1.54, 1.807) is 12.1 Å². The summed E-state index contributed by atoms with van der Waals surface area (Å²) in [6.07, 6.45) is 0.480. The van der Waals surface area contributed by atoms with Crippen LogP contribution in [0.2, 0.25) is 0 Å². The maximum atomic E-state index is 10.8. The Bertz CT molecular complexity index is 391. The molecule has 2 atom stereocenters. The average molecular weight is 258 g/mol. The van der Waals surface area contributed by atoms with E-state index < -0.39 is 28.5 Å². The van der Waals surface area contributed by atoms with E-state index in [-0.39, 0.29) is 19.3 Å². The monoisotopic (exact) mass is 258 g/mol. The van der Waals surface area contributed by atoms with Crippen molar-refractivity contribution in [2.45, 2.75) is 31.4 Å². The number of aliphatic hydroxyl groups excluding tert-OH is 1. The van der Waals surface area contributed by atoms with Crippen LogP contribution in [0.4, 0.5) is 0 Å². The lowest BCUT2D eigenvalue weighted by atomic mass is 10.0. The number of furan rings is 1. The lowest BCUT2D eigenvalue weighted by Gasteiger charge is -2.09. The van der Waals surface area contributed by atoms with E-state index in [2.05, 4.69) is 0 Å². The molecule has 0 amide bonds. The van der Waals surface area contributed by atoms with E-state index >= 15 is 0 Å². The maximum Gasteiger partial charge on any atom is 0.229 e. The molecule has 1 N–H and O–H groups in total. The van der Waals surface area contributed by atoms with Crippen molar-refractivity contribution in [2.75, 3.05) is 6.54 Å². The van der Waals surface area contributed by atoms with Gasteiger partial charge < -0.3 is 9.52 Å². The average Bonchev–Trinajstić information content (AvgIpc) is 2.75. The Morgan fingerprint density at radius 1 is 1.33 bits per heavy atom. The Morgan fingerprint density at radius 2 is 2.06 bits per heavy atom. The Hall–Kier alpha value is -1.96. The minimum Gasteiger partial charge on any atom is -0.469 e. The van der Waals surface area contributed by atoms with E-state index in [0.717, 1.165) is 0 Å². The largest absolute Gasteiger partial charge is 0.469 e. The summed E-state index contributed by atoms with van der Waals surface area (Å²) in [4.78, 5) is 19.9. The molecule has 0 aliphatic carbocycles. The van der Waals surface area contributed by atoms with Crippen LogP contribution in [0.1, 0.15) is 18.6 Å². The van der Waals surface area contributed by atoms with Crippen LogP contribution in [0, 0.1) is 20.2 Å². The topological polar surface area (TPSA) is 120 Å². The van der Waals surface area contributed by atoms with E-state index in [1.807, 2.05) is 0 Å². The number of hydrogen-bond acceptors (Lipinski definition) is 6. The minimum atomic E-state index is -1.15. The van der Waals surface area contributed by atoms with Gasteiger partial charge in [0.25, 0.3) is 0 Å². The molecule has 1 aromatic rings. The Balaban J connectivity index is 2.43. The molecule has 8 heteroatoms. The van der Waals surface area contributed by atoms with E-state index in [1.165, 1.54) is 6.26 Å². The van der Waals surface area contributed by atoms with E-state index in [9.17, 15) is 25.3 Å². The van der Waals surface area contributed by atoms with Crippen molar-refractivity contribution in [3.05, 3.63) is 44.4 Å². The first kappa shape index (κ1) is 14.1. The predicted molar refractivity (Wildman–Crippen MR) is 60.3 cm³/mol. The zero-order chi connectivity index (χ0) is 13.5. The number of hydrogen-bond donors (Lipinski definition) is 1. The first-order valence-corrected chi connectivity index (χ1v) is 5.44. The number of rotatable bonds is 8. The summed E-state index contributed by atoms with van der Waals surface area (Å²) < 4.78 is 5.01. The molecule has 0 aromatic carbocycles. The summed E-state index contributed by atoms with van der Waals surface area (Å²) in [6, 6.07) is 2.36. The summed E-state index contributed by atoms with van der Waals surface area (Å²) >= 11 is 0. The summed E-state index contributed by atoms with van der Waals surface area (Å²) in [6.45, 7) is -0.592. The normalized spacial score (nSPS) is 14.1. The summed E-state index contributed by atoms with van der Waals surface area (Å²) in [5.41, 5.74) is 0. The third-order valence-corrected chi connectivity index (χ3v) is 2.51. The van der Waals surface area contributed by atoms with Gasteiger partial charge in [-0.1, -0.05) is 0 Å². The second-order valence-corrected chi connectivity index (χ2v) is 3.97. The Morgan fingerprint density at radius 3 is 2.56 bits per heavy atom. The van der Waals surface area contributed by atoms with Gasteiger partial charge in [0.05, 0.1) is 12.7 Å². The predicted octanol–water partition coefficient (Wildman–Crippen LogP) is 0.885. The molecule has 8 nitrogen and oxygen atoms in total. The van der Waals surface area contributed by atoms with Crippen LogP contribution in [-0.4, -0.2) is 33.6 Å². The zero-order valence-corrected chi connectivity index (χ0v) is 9.60. The second-order valence-electron chi connectivity index (χ2n) is 3.97.